The summed E-state index contributed by atoms with van der Waals surface area (Å²) in [4.78, 5) is 12.0. The molecule has 0 aliphatic rings. The van der Waals surface area contributed by atoms with Gasteiger partial charge in [0.1, 0.15) is 11.6 Å². The van der Waals surface area contributed by atoms with E-state index in [1.165, 1.54) is 12.1 Å². The van der Waals surface area contributed by atoms with Crippen LogP contribution in [0.3, 0.4) is 0 Å². The van der Waals surface area contributed by atoms with E-state index in [9.17, 15) is 9.18 Å². The Labute approximate surface area is 112 Å². The molecule has 0 radical (unpaired) electrons. The number of carbonyl (C=O) groups is 1. The number of carbonyl (C=O) groups excluding carboxylic acids is 1. The number of hydrogen-bond acceptors (Lipinski definition) is 2. The number of hydrogen-bond donors (Lipinski definition) is 2. The summed E-state index contributed by atoms with van der Waals surface area (Å²) >= 11 is 3.06. The van der Waals surface area contributed by atoms with Crippen LogP contribution in [0, 0.1) is 5.82 Å². The average Bonchev–Trinajstić information content (AvgIpc) is 2.79. The van der Waals surface area contributed by atoms with E-state index >= 15 is 0 Å². The lowest BCUT2D eigenvalue weighted by atomic mass is 10.2. The first-order chi connectivity index (χ1) is 8.63. The number of aromatic nitrogens is 2. The highest BCUT2D eigenvalue weighted by molar-refractivity contribution is 9.10. The van der Waals surface area contributed by atoms with Crippen molar-refractivity contribution in [2.75, 3.05) is 5.32 Å². The second-order valence-electron chi connectivity index (χ2n) is 3.68. The Balaban J connectivity index is 2.25. The maximum atomic E-state index is 13.3. The van der Waals surface area contributed by atoms with Gasteiger partial charge in [-0.3, -0.25) is 9.89 Å². The van der Waals surface area contributed by atoms with Crippen molar-refractivity contribution in [3.05, 3.63) is 45.8 Å². The van der Waals surface area contributed by atoms with Gasteiger partial charge in [0.05, 0.1) is 16.2 Å². The van der Waals surface area contributed by atoms with Crippen molar-refractivity contribution < 1.29 is 9.18 Å². The van der Waals surface area contributed by atoms with Crippen molar-refractivity contribution in [3.8, 4) is 0 Å². The van der Waals surface area contributed by atoms with Gasteiger partial charge in [-0.2, -0.15) is 5.10 Å². The van der Waals surface area contributed by atoms with Crippen molar-refractivity contribution in [1.29, 1.82) is 0 Å². The molecule has 1 heterocycles. The van der Waals surface area contributed by atoms with Crippen LogP contribution in [-0.2, 0) is 6.42 Å². The van der Waals surface area contributed by atoms with Crippen molar-refractivity contribution >= 4 is 27.7 Å². The summed E-state index contributed by atoms with van der Waals surface area (Å²) in [5, 5.41) is 9.23. The maximum Gasteiger partial charge on any atom is 0.258 e. The normalized spacial score (nSPS) is 10.4. The second-order valence-corrected chi connectivity index (χ2v) is 4.47. The molecule has 0 saturated heterocycles. The standard InChI is InChI=1S/C12H11BrFN3O/c1-2-7-6-15-17-11(7)16-12(18)8-4-3-5-9(14)10(8)13/h3-6H,2H2,1H3,(H2,15,16,17,18). The number of aryl methyl sites for hydroxylation is 1. The second kappa shape index (κ2) is 5.30. The van der Waals surface area contributed by atoms with E-state index in [-0.39, 0.29) is 15.9 Å². The summed E-state index contributed by atoms with van der Waals surface area (Å²) in [6, 6.07) is 4.32. The fraction of sp³-hybridized carbons (Fsp3) is 0.167. The monoisotopic (exact) mass is 311 g/mol. The number of rotatable bonds is 3. The summed E-state index contributed by atoms with van der Waals surface area (Å²) in [6.07, 6.45) is 2.40. The Morgan fingerprint density at radius 2 is 2.33 bits per heavy atom. The van der Waals surface area contributed by atoms with Gasteiger partial charge in [0.15, 0.2) is 0 Å². The zero-order chi connectivity index (χ0) is 13.1. The molecule has 0 aliphatic carbocycles. The van der Waals surface area contributed by atoms with Crippen LogP contribution >= 0.6 is 15.9 Å². The smallest absolute Gasteiger partial charge is 0.258 e. The highest BCUT2D eigenvalue weighted by atomic mass is 79.9. The molecule has 2 N–H and O–H groups in total. The van der Waals surface area contributed by atoms with E-state index in [4.69, 9.17) is 0 Å². The number of aromatic amines is 1. The lowest BCUT2D eigenvalue weighted by Crippen LogP contribution is -2.14. The van der Waals surface area contributed by atoms with E-state index in [1.807, 2.05) is 6.92 Å². The number of nitrogens with zero attached hydrogens (tertiary/aromatic N) is 1. The van der Waals surface area contributed by atoms with E-state index in [0.29, 0.717) is 5.82 Å². The van der Waals surface area contributed by atoms with Crippen LogP contribution in [0.15, 0.2) is 28.9 Å². The average molecular weight is 312 g/mol. The first-order valence-electron chi connectivity index (χ1n) is 5.41. The molecule has 0 spiro atoms. The van der Waals surface area contributed by atoms with Gasteiger partial charge in [-0.25, -0.2) is 4.39 Å². The topological polar surface area (TPSA) is 57.8 Å². The molecule has 2 rings (SSSR count). The summed E-state index contributed by atoms with van der Waals surface area (Å²) < 4.78 is 13.5. The van der Waals surface area contributed by atoms with Gasteiger partial charge in [-0.15, -0.1) is 0 Å². The lowest BCUT2D eigenvalue weighted by molar-refractivity contribution is 0.102. The molecule has 1 amide bonds. The molecule has 2 aromatic rings. The van der Waals surface area contributed by atoms with Crippen LogP contribution in [0.5, 0.6) is 0 Å². The molecule has 0 saturated carbocycles. The molecule has 0 fully saturated rings. The highest BCUT2D eigenvalue weighted by Crippen LogP contribution is 2.22. The van der Waals surface area contributed by atoms with Crippen LogP contribution in [0.4, 0.5) is 10.2 Å². The van der Waals surface area contributed by atoms with Crippen molar-refractivity contribution in [1.82, 2.24) is 10.2 Å². The molecule has 18 heavy (non-hydrogen) atoms. The van der Waals surface area contributed by atoms with Crippen LogP contribution in [-0.4, -0.2) is 16.1 Å². The van der Waals surface area contributed by atoms with E-state index < -0.39 is 5.82 Å². The van der Waals surface area contributed by atoms with Gasteiger partial charge in [-0.05, 0) is 34.5 Å². The van der Waals surface area contributed by atoms with Gasteiger partial charge in [0.2, 0.25) is 0 Å². The Hall–Kier alpha value is -1.69. The number of nitrogens with one attached hydrogen (secondary N) is 2. The Bertz CT molecular complexity index is 582. The maximum absolute atomic E-state index is 13.3. The van der Waals surface area contributed by atoms with Crippen LogP contribution < -0.4 is 5.32 Å². The van der Waals surface area contributed by atoms with Gasteiger partial charge in [-0.1, -0.05) is 13.0 Å². The fourth-order valence-corrected chi connectivity index (χ4v) is 1.99. The van der Waals surface area contributed by atoms with Crippen LogP contribution in [0.25, 0.3) is 0 Å². The van der Waals surface area contributed by atoms with Crippen LogP contribution in [0.2, 0.25) is 0 Å². The number of anilines is 1. The predicted molar refractivity (Wildman–Crippen MR) is 70.0 cm³/mol. The summed E-state index contributed by atoms with van der Waals surface area (Å²) in [7, 11) is 0. The first-order valence-corrected chi connectivity index (χ1v) is 6.20. The number of H-pyrrole nitrogens is 1. The molecule has 0 aliphatic heterocycles. The molecule has 1 aromatic carbocycles. The lowest BCUT2D eigenvalue weighted by Gasteiger charge is -2.06. The molecule has 94 valence electrons. The van der Waals surface area contributed by atoms with Crippen molar-refractivity contribution in [3.63, 3.8) is 0 Å². The minimum atomic E-state index is -0.469. The van der Waals surface area contributed by atoms with E-state index in [2.05, 4.69) is 31.4 Å². The Morgan fingerprint density at radius 3 is 3.06 bits per heavy atom. The number of halogens is 2. The predicted octanol–water partition coefficient (Wildman–Crippen LogP) is 3.13. The summed E-state index contributed by atoms with van der Waals surface area (Å²) in [6.45, 7) is 1.96. The number of amides is 1. The van der Waals surface area contributed by atoms with E-state index in [0.717, 1.165) is 12.0 Å². The zero-order valence-corrected chi connectivity index (χ0v) is 11.2. The minimum Gasteiger partial charge on any atom is -0.307 e. The molecule has 4 nitrogen and oxygen atoms in total. The quantitative estimate of drug-likeness (QED) is 0.915. The number of benzene rings is 1. The van der Waals surface area contributed by atoms with Gasteiger partial charge in [0, 0.05) is 5.56 Å². The summed E-state index contributed by atoms with van der Waals surface area (Å²) in [5.74, 6) is -0.318. The Morgan fingerprint density at radius 1 is 1.56 bits per heavy atom. The summed E-state index contributed by atoms with van der Waals surface area (Å²) in [5.41, 5.74) is 1.14. The Kier molecular flexibility index (Phi) is 3.76. The molecule has 6 heteroatoms. The third-order valence-corrected chi connectivity index (χ3v) is 3.34. The third kappa shape index (κ3) is 2.43. The van der Waals surface area contributed by atoms with Crippen LogP contribution in [0.1, 0.15) is 22.8 Å². The molecule has 0 bridgehead atoms. The fourth-order valence-electron chi connectivity index (χ4n) is 1.55. The third-order valence-electron chi connectivity index (χ3n) is 2.53. The molecule has 0 atom stereocenters. The minimum absolute atomic E-state index is 0.153. The first kappa shape index (κ1) is 12.8. The van der Waals surface area contributed by atoms with Gasteiger partial charge in [0.25, 0.3) is 5.91 Å². The zero-order valence-electron chi connectivity index (χ0n) is 9.63. The molecular weight excluding hydrogens is 301 g/mol. The van der Waals surface area contributed by atoms with Crippen molar-refractivity contribution in [2.24, 2.45) is 0 Å². The molecular formula is C12H11BrFN3O. The van der Waals surface area contributed by atoms with E-state index in [1.54, 1.807) is 12.3 Å². The highest BCUT2D eigenvalue weighted by Gasteiger charge is 2.15. The SMILES string of the molecule is CCc1cn[nH]c1NC(=O)c1cccc(F)c1Br. The molecule has 0 unspecified atom stereocenters. The largest absolute Gasteiger partial charge is 0.307 e. The van der Waals surface area contributed by atoms with Gasteiger partial charge >= 0.3 is 0 Å². The van der Waals surface area contributed by atoms with Crippen molar-refractivity contribution in [2.45, 2.75) is 13.3 Å². The van der Waals surface area contributed by atoms with Gasteiger partial charge < -0.3 is 5.32 Å². The molecule has 1 aromatic heterocycles.